The number of rotatable bonds is 3. The Morgan fingerprint density at radius 3 is 2.14 bits per heavy atom. The topological polar surface area (TPSA) is 66.8 Å². The van der Waals surface area contributed by atoms with E-state index in [0.717, 1.165) is 13.1 Å². The molecule has 0 saturated carbocycles. The van der Waals surface area contributed by atoms with E-state index in [2.05, 4.69) is 0 Å². The van der Waals surface area contributed by atoms with Crippen LogP contribution >= 0.6 is 0 Å². The molecule has 1 heterocycles. The van der Waals surface area contributed by atoms with Gasteiger partial charge in [0.05, 0.1) is 19.0 Å². The summed E-state index contributed by atoms with van der Waals surface area (Å²) in [6, 6.07) is 0. The number of hydrogen-bond acceptors (Lipinski definition) is 4. The summed E-state index contributed by atoms with van der Waals surface area (Å²) in [7, 11) is -3.81. The van der Waals surface area contributed by atoms with E-state index in [1.165, 1.54) is 0 Å². The van der Waals surface area contributed by atoms with Crippen molar-refractivity contribution in [3.63, 3.8) is 0 Å². The molecule has 5 nitrogen and oxygen atoms in total. The molecule has 14 heavy (non-hydrogen) atoms. The van der Waals surface area contributed by atoms with Gasteiger partial charge in [-0.15, -0.1) is 0 Å². The molecule has 1 fully saturated rings. The molecule has 0 aromatic carbocycles. The second-order valence-electron chi connectivity index (χ2n) is 2.74. The fourth-order valence-electron chi connectivity index (χ4n) is 1.07. The third-order valence-electron chi connectivity index (χ3n) is 1.77. The van der Waals surface area contributed by atoms with E-state index in [9.17, 15) is 8.42 Å². The molecule has 0 aromatic heterocycles. The van der Waals surface area contributed by atoms with Gasteiger partial charge in [-0.2, -0.15) is 8.42 Å². The van der Waals surface area contributed by atoms with Crippen LogP contribution in [0, 0.1) is 0 Å². The summed E-state index contributed by atoms with van der Waals surface area (Å²) in [5.74, 6) is -0.188. The summed E-state index contributed by atoms with van der Waals surface area (Å²) in [5.41, 5.74) is 0. The van der Waals surface area contributed by atoms with E-state index in [1.807, 2.05) is 4.90 Å². The molecule has 0 unspecified atom stereocenters. The SMILES string of the molecule is O=S(=O)(O)CCN1CCOCC1.[NaH].[NaH]. The van der Waals surface area contributed by atoms with E-state index >= 15 is 0 Å². The molecular weight excluding hydrogens is 228 g/mol. The number of hydrogen-bond donors (Lipinski definition) is 1. The van der Waals surface area contributed by atoms with Gasteiger partial charge >= 0.3 is 59.1 Å². The quantitative estimate of drug-likeness (QED) is 0.455. The number of nitrogens with zero attached hydrogens (tertiary/aromatic N) is 1. The van der Waals surface area contributed by atoms with Gasteiger partial charge in [-0.1, -0.05) is 0 Å². The fourth-order valence-corrected chi connectivity index (χ4v) is 1.56. The first-order chi connectivity index (χ1) is 5.58. The molecule has 0 radical (unpaired) electrons. The van der Waals surface area contributed by atoms with Gasteiger partial charge in [-0.3, -0.25) is 9.45 Å². The van der Waals surface area contributed by atoms with Crippen molar-refractivity contribution >= 4 is 69.2 Å². The molecule has 0 aliphatic carbocycles. The summed E-state index contributed by atoms with van der Waals surface area (Å²) in [5, 5.41) is 0. The zero-order valence-corrected chi connectivity index (χ0v) is 7.59. The molecule has 1 rings (SSSR count). The first-order valence-corrected chi connectivity index (χ1v) is 5.44. The Labute approximate surface area is 129 Å². The normalized spacial score (nSPS) is 18.1. The molecule has 76 valence electrons. The van der Waals surface area contributed by atoms with Gasteiger partial charge in [0.15, 0.2) is 0 Å². The third-order valence-corrected chi connectivity index (χ3v) is 2.47. The van der Waals surface area contributed by atoms with Gasteiger partial charge in [0.25, 0.3) is 10.1 Å². The molecule has 0 amide bonds. The molecule has 0 spiro atoms. The van der Waals surface area contributed by atoms with Gasteiger partial charge < -0.3 is 4.74 Å². The van der Waals surface area contributed by atoms with Crippen molar-refractivity contribution in [2.75, 3.05) is 38.6 Å². The number of morpholine rings is 1. The predicted molar refractivity (Wildman–Crippen MR) is 58.0 cm³/mol. The molecule has 0 atom stereocenters. The summed E-state index contributed by atoms with van der Waals surface area (Å²) in [6.07, 6.45) is 0. The monoisotopic (exact) mass is 243 g/mol. The summed E-state index contributed by atoms with van der Waals surface area (Å²) >= 11 is 0. The standard InChI is InChI=1S/C6H13NO4S.2Na.2H/c8-12(9,10)6-3-7-1-4-11-5-2-7;;;;/h1-6H2,(H,8,9,10);;;;. The van der Waals surface area contributed by atoms with Crippen molar-refractivity contribution < 1.29 is 17.7 Å². The van der Waals surface area contributed by atoms with Crippen molar-refractivity contribution in [1.29, 1.82) is 0 Å². The Balaban J connectivity index is 0. The first kappa shape index (κ1) is 18.2. The van der Waals surface area contributed by atoms with Gasteiger partial charge in [0, 0.05) is 19.6 Å². The second kappa shape index (κ2) is 8.92. The van der Waals surface area contributed by atoms with E-state index in [4.69, 9.17) is 9.29 Å². The van der Waals surface area contributed by atoms with Crippen LogP contribution in [0.5, 0.6) is 0 Å². The first-order valence-electron chi connectivity index (χ1n) is 3.83. The summed E-state index contributed by atoms with van der Waals surface area (Å²) < 4.78 is 34.3. The van der Waals surface area contributed by atoms with Crippen molar-refractivity contribution in [2.45, 2.75) is 0 Å². The van der Waals surface area contributed by atoms with Crippen LogP contribution in [0.4, 0.5) is 0 Å². The van der Waals surface area contributed by atoms with Crippen molar-refractivity contribution in [3.8, 4) is 0 Å². The van der Waals surface area contributed by atoms with Crippen LogP contribution in [0.2, 0.25) is 0 Å². The van der Waals surface area contributed by atoms with Crippen LogP contribution in [-0.2, 0) is 14.9 Å². The van der Waals surface area contributed by atoms with Crippen molar-refractivity contribution in [2.24, 2.45) is 0 Å². The summed E-state index contributed by atoms with van der Waals surface area (Å²) in [4.78, 5) is 1.96. The van der Waals surface area contributed by atoms with Crippen LogP contribution in [0.3, 0.4) is 0 Å². The average Bonchev–Trinajstić information content (AvgIpc) is 2.02. The van der Waals surface area contributed by atoms with Gasteiger partial charge in [0.1, 0.15) is 0 Å². The van der Waals surface area contributed by atoms with Crippen LogP contribution in [-0.4, -0.2) is 116 Å². The molecule has 1 saturated heterocycles. The van der Waals surface area contributed by atoms with E-state index in [0.29, 0.717) is 19.8 Å². The van der Waals surface area contributed by atoms with Crippen molar-refractivity contribution in [3.05, 3.63) is 0 Å². The Hall–Kier alpha value is 1.83. The van der Waals surface area contributed by atoms with Gasteiger partial charge in [0.2, 0.25) is 0 Å². The third kappa shape index (κ3) is 9.08. The second-order valence-corrected chi connectivity index (χ2v) is 4.31. The predicted octanol–water partition coefficient (Wildman–Crippen LogP) is -2.09. The zero-order chi connectivity index (χ0) is 9.03. The van der Waals surface area contributed by atoms with E-state index in [-0.39, 0.29) is 64.9 Å². The maximum absolute atomic E-state index is 10.4. The Morgan fingerprint density at radius 2 is 1.71 bits per heavy atom. The van der Waals surface area contributed by atoms with Gasteiger partial charge in [-0.25, -0.2) is 0 Å². The van der Waals surface area contributed by atoms with E-state index < -0.39 is 10.1 Å². The molecule has 0 aromatic rings. The number of ether oxygens (including phenoxy) is 1. The maximum atomic E-state index is 10.4. The molecule has 1 N–H and O–H groups in total. The van der Waals surface area contributed by atoms with Crippen molar-refractivity contribution in [1.82, 2.24) is 4.90 Å². The Morgan fingerprint density at radius 1 is 1.21 bits per heavy atom. The minimum absolute atomic E-state index is 0. The van der Waals surface area contributed by atoms with Crippen LogP contribution < -0.4 is 0 Å². The fraction of sp³-hybridized carbons (Fsp3) is 1.00. The molecular formula is C6H15NNa2O4S. The molecule has 8 heteroatoms. The Bertz CT molecular complexity index is 228. The van der Waals surface area contributed by atoms with E-state index in [1.54, 1.807) is 0 Å². The van der Waals surface area contributed by atoms with Crippen LogP contribution in [0.1, 0.15) is 0 Å². The molecule has 0 bridgehead atoms. The molecule has 1 aliphatic rings. The summed E-state index contributed by atoms with van der Waals surface area (Å²) in [6.45, 7) is 3.17. The zero-order valence-electron chi connectivity index (χ0n) is 6.77. The average molecular weight is 243 g/mol. The minimum atomic E-state index is -3.81. The van der Waals surface area contributed by atoms with Gasteiger partial charge in [-0.05, 0) is 0 Å². The Kier molecular flexibility index (Phi) is 11.6. The van der Waals surface area contributed by atoms with Crippen LogP contribution in [0.25, 0.3) is 0 Å². The van der Waals surface area contributed by atoms with Crippen LogP contribution in [0.15, 0.2) is 0 Å². The molecule has 1 aliphatic heterocycles.